The van der Waals surface area contributed by atoms with Crippen LogP contribution in [0, 0.1) is 5.92 Å². The van der Waals surface area contributed by atoms with Crippen LogP contribution >= 0.6 is 0 Å². The molecule has 1 atom stereocenters. The molecule has 0 bridgehead atoms. The standard InChI is InChI=1S/C15H19NO5/c1-3-4-9-21-15(20)11-5-7-12(8-6-11)16-13(17)10(2)14(18)19/h5-8,10H,3-4,9H2,1-2H3,(H,16,17)(H,18,19). The lowest BCUT2D eigenvalue weighted by Crippen LogP contribution is -2.26. The predicted octanol–water partition coefficient (Wildman–Crippen LogP) is 2.30. The number of aliphatic carboxylic acids is 1. The maximum Gasteiger partial charge on any atom is 0.338 e. The monoisotopic (exact) mass is 293 g/mol. The number of hydrogen-bond donors (Lipinski definition) is 2. The maximum absolute atomic E-state index is 11.7. The Morgan fingerprint density at radius 3 is 2.38 bits per heavy atom. The van der Waals surface area contributed by atoms with Crippen LogP contribution < -0.4 is 5.32 Å². The fourth-order valence-electron chi connectivity index (χ4n) is 1.44. The summed E-state index contributed by atoms with van der Waals surface area (Å²) in [7, 11) is 0. The third kappa shape index (κ3) is 5.25. The van der Waals surface area contributed by atoms with Crippen LogP contribution in [0.15, 0.2) is 24.3 Å². The molecule has 0 aromatic heterocycles. The number of carbonyl (C=O) groups is 3. The SMILES string of the molecule is CCCCOC(=O)c1ccc(NC(=O)C(C)C(=O)O)cc1. The largest absolute Gasteiger partial charge is 0.481 e. The Kier molecular flexibility index (Phi) is 6.39. The van der Waals surface area contributed by atoms with Crippen molar-refractivity contribution in [2.75, 3.05) is 11.9 Å². The summed E-state index contributed by atoms with van der Waals surface area (Å²) < 4.78 is 5.06. The first kappa shape index (κ1) is 16.7. The second kappa shape index (κ2) is 8.04. The Balaban J connectivity index is 2.59. The van der Waals surface area contributed by atoms with Crippen molar-refractivity contribution in [3.63, 3.8) is 0 Å². The van der Waals surface area contributed by atoms with Gasteiger partial charge in [0.05, 0.1) is 12.2 Å². The average molecular weight is 293 g/mol. The zero-order valence-corrected chi connectivity index (χ0v) is 12.1. The molecular formula is C15H19NO5. The molecule has 0 aliphatic rings. The molecule has 6 heteroatoms. The molecule has 1 aromatic rings. The first-order valence-corrected chi connectivity index (χ1v) is 6.76. The summed E-state index contributed by atoms with van der Waals surface area (Å²) in [4.78, 5) is 33.9. The minimum Gasteiger partial charge on any atom is -0.481 e. The van der Waals surface area contributed by atoms with Crippen LogP contribution in [-0.4, -0.2) is 29.6 Å². The summed E-state index contributed by atoms with van der Waals surface area (Å²) in [6, 6.07) is 6.11. The van der Waals surface area contributed by atoms with Gasteiger partial charge in [-0.25, -0.2) is 4.79 Å². The number of anilines is 1. The molecule has 0 fully saturated rings. The predicted molar refractivity (Wildman–Crippen MR) is 77.1 cm³/mol. The van der Waals surface area contributed by atoms with Gasteiger partial charge in [-0.1, -0.05) is 13.3 Å². The molecule has 1 unspecified atom stereocenters. The van der Waals surface area contributed by atoms with Crippen LogP contribution in [0.1, 0.15) is 37.0 Å². The van der Waals surface area contributed by atoms with Crippen molar-refractivity contribution in [1.29, 1.82) is 0 Å². The molecule has 1 amide bonds. The molecule has 0 aliphatic carbocycles. The highest BCUT2D eigenvalue weighted by molar-refractivity contribution is 6.04. The molecule has 0 aliphatic heterocycles. The van der Waals surface area contributed by atoms with Gasteiger partial charge in [0.2, 0.25) is 5.91 Å². The van der Waals surface area contributed by atoms with Gasteiger partial charge < -0.3 is 15.2 Å². The Labute approximate surface area is 123 Å². The molecule has 0 spiro atoms. The lowest BCUT2D eigenvalue weighted by atomic mass is 10.1. The molecule has 0 saturated heterocycles. The molecule has 1 aromatic carbocycles. The average Bonchev–Trinajstić information content (AvgIpc) is 2.47. The number of rotatable bonds is 7. The van der Waals surface area contributed by atoms with Gasteiger partial charge in [-0.2, -0.15) is 0 Å². The van der Waals surface area contributed by atoms with E-state index in [1.54, 1.807) is 0 Å². The fourth-order valence-corrected chi connectivity index (χ4v) is 1.44. The minimum atomic E-state index is -1.19. The third-order valence-electron chi connectivity index (χ3n) is 2.88. The van der Waals surface area contributed by atoms with Crippen molar-refractivity contribution in [3.05, 3.63) is 29.8 Å². The second-order valence-corrected chi connectivity index (χ2v) is 4.62. The molecule has 1 rings (SSSR count). The van der Waals surface area contributed by atoms with Crippen LogP contribution in [0.4, 0.5) is 5.69 Å². The summed E-state index contributed by atoms with van der Waals surface area (Å²) >= 11 is 0. The molecule has 2 N–H and O–H groups in total. The van der Waals surface area contributed by atoms with Gasteiger partial charge in [-0.3, -0.25) is 9.59 Å². The van der Waals surface area contributed by atoms with Gasteiger partial charge in [-0.05, 0) is 37.6 Å². The number of nitrogens with one attached hydrogen (secondary N) is 1. The fraction of sp³-hybridized carbons (Fsp3) is 0.400. The summed E-state index contributed by atoms with van der Waals surface area (Å²) in [6.45, 7) is 3.69. The summed E-state index contributed by atoms with van der Waals surface area (Å²) in [5, 5.41) is 11.2. The molecule has 114 valence electrons. The number of carboxylic acids is 1. The molecule has 0 saturated carbocycles. The Morgan fingerprint density at radius 2 is 1.86 bits per heavy atom. The maximum atomic E-state index is 11.7. The zero-order chi connectivity index (χ0) is 15.8. The number of carboxylic acid groups (broad SMARTS) is 1. The number of unbranched alkanes of at least 4 members (excludes halogenated alkanes) is 1. The number of amides is 1. The van der Waals surface area contributed by atoms with Crippen LogP contribution in [0.3, 0.4) is 0 Å². The van der Waals surface area contributed by atoms with Gasteiger partial charge in [-0.15, -0.1) is 0 Å². The van der Waals surface area contributed by atoms with Gasteiger partial charge in [0.15, 0.2) is 0 Å². The third-order valence-corrected chi connectivity index (χ3v) is 2.88. The first-order valence-electron chi connectivity index (χ1n) is 6.76. The lowest BCUT2D eigenvalue weighted by molar-refractivity contribution is -0.144. The van der Waals surface area contributed by atoms with E-state index in [9.17, 15) is 14.4 Å². The van der Waals surface area contributed by atoms with E-state index in [0.29, 0.717) is 17.9 Å². The van der Waals surface area contributed by atoms with Gasteiger partial charge in [0.25, 0.3) is 0 Å². The van der Waals surface area contributed by atoms with E-state index in [0.717, 1.165) is 12.8 Å². The van der Waals surface area contributed by atoms with E-state index in [1.807, 2.05) is 6.92 Å². The smallest absolute Gasteiger partial charge is 0.338 e. The highest BCUT2D eigenvalue weighted by Gasteiger charge is 2.20. The van der Waals surface area contributed by atoms with E-state index in [4.69, 9.17) is 9.84 Å². The summed E-state index contributed by atoms with van der Waals surface area (Å²) in [5.41, 5.74) is 0.814. The first-order chi connectivity index (χ1) is 9.95. The van der Waals surface area contributed by atoms with E-state index in [-0.39, 0.29) is 0 Å². The van der Waals surface area contributed by atoms with Crippen molar-refractivity contribution in [3.8, 4) is 0 Å². The number of ether oxygens (including phenoxy) is 1. The zero-order valence-electron chi connectivity index (χ0n) is 12.1. The minimum absolute atomic E-state index is 0.379. The van der Waals surface area contributed by atoms with Crippen LogP contribution in [0.2, 0.25) is 0 Å². The molecule has 0 heterocycles. The van der Waals surface area contributed by atoms with Crippen molar-refractivity contribution in [2.45, 2.75) is 26.7 Å². The van der Waals surface area contributed by atoms with Crippen LogP contribution in [0.5, 0.6) is 0 Å². The second-order valence-electron chi connectivity index (χ2n) is 4.62. The Bertz CT molecular complexity index is 509. The van der Waals surface area contributed by atoms with Gasteiger partial charge in [0, 0.05) is 5.69 Å². The van der Waals surface area contributed by atoms with E-state index in [2.05, 4.69) is 5.32 Å². The van der Waals surface area contributed by atoms with Crippen LogP contribution in [-0.2, 0) is 14.3 Å². The molecular weight excluding hydrogens is 274 g/mol. The van der Waals surface area contributed by atoms with Gasteiger partial charge in [0.1, 0.15) is 5.92 Å². The number of benzene rings is 1. The van der Waals surface area contributed by atoms with E-state index >= 15 is 0 Å². The van der Waals surface area contributed by atoms with Crippen molar-refractivity contribution >= 4 is 23.5 Å². The van der Waals surface area contributed by atoms with Crippen LogP contribution in [0.25, 0.3) is 0 Å². The normalized spacial score (nSPS) is 11.5. The highest BCUT2D eigenvalue weighted by atomic mass is 16.5. The molecule has 0 radical (unpaired) electrons. The van der Waals surface area contributed by atoms with Gasteiger partial charge >= 0.3 is 11.9 Å². The number of carbonyl (C=O) groups excluding carboxylic acids is 2. The molecule has 21 heavy (non-hydrogen) atoms. The molecule has 6 nitrogen and oxygen atoms in total. The van der Waals surface area contributed by atoms with Crippen molar-refractivity contribution in [1.82, 2.24) is 0 Å². The number of hydrogen-bond acceptors (Lipinski definition) is 4. The van der Waals surface area contributed by atoms with E-state index < -0.39 is 23.8 Å². The van der Waals surface area contributed by atoms with E-state index in [1.165, 1.54) is 31.2 Å². The topological polar surface area (TPSA) is 92.7 Å². The van der Waals surface area contributed by atoms with Crippen molar-refractivity contribution in [2.24, 2.45) is 5.92 Å². The van der Waals surface area contributed by atoms with Crippen molar-refractivity contribution < 1.29 is 24.2 Å². The summed E-state index contributed by atoms with van der Waals surface area (Å²) in [6.07, 6.45) is 1.76. The summed E-state index contributed by atoms with van der Waals surface area (Å²) in [5.74, 6) is -3.35. The quantitative estimate of drug-likeness (QED) is 0.457. The Hall–Kier alpha value is -2.37. The highest BCUT2D eigenvalue weighted by Crippen LogP contribution is 2.12. The number of esters is 1. The Morgan fingerprint density at radius 1 is 1.24 bits per heavy atom. The lowest BCUT2D eigenvalue weighted by Gasteiger charge is -2.09.